The molecule has 3 rings (SSSR count). The van der Waals surface area contributed by atoms with Crippen LogP contribution in [0.15, 0.2) is 24.0 Å². The van der Waals surface area contributed by atoms with Crippen LogP contribution in [0.3, 0.4) is 0 Å². The van der Waals surface area contributed by atoms with Gasteiger partial charge in [0, 0.05) is 24.8 Å². The zero-order valence-electron chi connectivity index (χ0n) is 27.9. The Labute approximate surface area is 260 Å². The fourth-order valence-corrected chi connectivity index (χ4v) is 14.0. The Bertz CT molecular complexity index is 1170. The molecule has 42 heavy (non-hydrogen) atoms. The summed E-state index contributed by atoms with van der Waals surface area (Å²) in [6.45, 7) is 27.9. The van der Waals surface area contributed by atoms with Crippen molar-refractivity contribution in [2.24, 2.45) is 5.92 Å². The van der Waals surface area contributed by atoms with Crippen molar-refractivity contribution in [1.82, 2.24) is 9.97 Å². The van der Waals surface area contributed by atoms with Gasteiger partial charge in [-0.1, -0.05) is 62.3 Å². The smallest absolute Gasteiger partial charge is 0.208 e. The van der Waals surface area contributed by atoms with Crippen molar-refractivity contribution in [1.29, 1.82) is 0 Å². The van der Waals surface area contributed by atoms with Crippen LogP contribution in [0.4, 0.5) is 5.82 Å². The van der Waals surface area contributed by atoms with Crippen molar-refractivity contribution in [3.05, 3.63) is 40.0 Å². The molecule has 0 spiro atoms. The lowest BCUT2D eigenvalue weighted by Crippen LogP contribution is -2.51. The van der Waals surface area contributed by atoms with E-state index in [-0.39, 0.29) is 28.9 Å². The third kappa shape index (κ3) is 7.61. The van der Waals surface area contributed by atoms with Crippen LogP contribution < -0.4 is 5.32 Å². The Hall–Kier alpha value is -1.44. The minimum absolute atomic E-state index is 0.0815. The zero-order chi connectivity index (χ0) is 31.6. The zero-order valence-corrected chi connectivity index (χ0v) is 30.8. The molecule has 7 nitrogen and oxygen atoms in total. The lowest BCUT2D eigenvalue weighted by molar-refractivity contribution is 0.0971. The average Bonchev–Trinajstić information content (AvgIpc) is 3.52. The second-order valence-corrected chi connectivity index (χ2v) is 25.8. The highest BCUT2D eigenvalue weighted by atomic mass is 32.1. The molecule has 0 amide bonds. The fourth-order valence-electron chi connectivity index (χ4n) is 6.35. The standard InChI is InChI=1S/C32H55N3O4SSi2/c1-20(2)42(21(3)4,22(5)6)39-28-15-26(13-24(28)17-38-41(11,12)32(8,9)10)35-31-27(16-33-19-34-31)30(37)29-14-25(18-40-29)23(7)36/h14,16,18-24,26,28,36H,13,15,17H2,1-12H3,(H,33,34,35)/t23-,24-,26-,28+/m1/s1. The molecule has 2 heterocycles. The Morgan fingerprint density at radius 2 is 1.71 bits per heavy atom. The molecule has 0 bridgehead atoms. The molecule has 2 aromatic rings. The van der Waals surface area contributed by atoms with Gasteiger partial charge in [-0.05, 0) is 71.5 Å². The number of nitrogens with one attached hydrogen (secondary N) is 1. The fraction of sp³-hybridized carbons (Fsp3) is 0.719. The maximum Gasteiger partial charge on any atom is 0.208 e. The van der Waals surface area contributed by atoms with E-state index < -0.39 is 22.7 Å². The summed E-state index contributed by atoms with van der Waals surface area (Å²) < 4.78 is 14.2. The number of carbonyl (C=O) groups is 1. The molecule has 0 radical (unpaired) electrons. The largest absolute Gasteiger partial charge is 0.416 e. The summed E-state index contributed by atoms with van der Waals surface area (Å²) in [5, 5.41) is 15.5. The van der Waals surface area contributed by atoms with E-state index in [0.29, 0.717) is 39.5 Å². The minimum atomic E-state index is -2.12. The topological polar surface area (TPSA) is 93.6 Å². The predicted octanol–water partition coefficient (Wildman–Crippen LogP) is 8.60. The number of hydrogen-bond donors (Lipinski definition) is 2. The summed E-state index contributed by atoms with van der Waals surface area (Å²) in [5.74, 6) is 0.674. The average molecular weight is 634 g/mol. The van der Waals surface area contributed by atoms with Crippen LogP contribution in [-0.4, -0.2) is 56.2 Å². The molecular weight excluding hydrogens is 579 g/mol. The van der Waals surface area contributed by atoms with E-state index in [2.05, 4.69) is 90.7 Å². The van der Waals surface area contributed by atoms with E-state index in [0.717, 1.165) is 18.4 Å². The second kappa shape index (κ2) is 13.7. The summed E-state index contributed by atoms with van der Waals surface area (Å²) in [6, 6.07) is 1.86. The Balaban J connectivity index is 1.89. The van der Waals surface area contributed by atoms with Gasteiger partial charge in [0.15, 0.2) is 8.32 Å². The Morgan fingerprint density at radius 1 is 1.10 bits per heavy atom. The molecule has 1 aliphatic rings. The minimum Gasteiger partial charge on any atom is -0.416 e. The van der Waals surface area contributed by atoms with Gasteiger partial charge in [0.25, 0.3) is 0 Å². The van der Waals surface area contributed by atoms with Crippen molar-refractivity contribution in [2.75, 3.05) is 11.9 Å². The van der Waals surface area contributed by atoms with Crippen LogP contribution in [0.25, 0.3) is 0 Å². The lowest BCUT2D eigenvalue weighted by Gasteiger charge is -2.45. The maximum absolute atomic E-state index is 13.5. The van der Waals surface area contributed by atoms with Crippen LogP contribution in [0.1, 0.15) is 109 Å². The highest BCUT2D eigenvalue weighted by Crippen LogP contribution is 2.46. The van der Waals surface area contributed by atoms with E-state index in [1.807, 2.05) is 5.38 Å². The highest BCUT2D eigenvalue weighted by molar-refractivity contribution is 7.12. The Kier molecular flexibility index (Phi) is 11.4. The van der Waals surface area contributed by atoms with Crippen molar-refractivity contribution < 1.29 is 18.8 Å². The van der Waals surface area contributed by atoms with Crippen molar-refractivity contribution in [3.8, 4) is 0 Å². The quantitative estimate of drug-likeness (QED) is 0.169. The van der Waals surface area contributed by atoms with E-state index in [9.17, 15) is 9.90 Å². The Morgan fingerprint density at radius 3 is 2.24 bits per heavy atom. The van der Waals surface area contributed by atoms with E-state index >= 15 is 0 Å². The summed E-state index contributed by atoms with van der Waals surface area (Å²) >= 11 is 1.34. The second-order valence-electron chi connectivity index (χ2n) is 14.7. The number of ketones is 1. The van der Waals surface area contributed by atoms with Gasteiger partial charge in [0.05, 0.1) is 22.6 Å². The van der Waals surface area contributed by atoms with Crippen LogP contribution >= 0.6 is 11.3 Å². The molecule has 2 N–H and O–H groups in total. The molecule has 2 aromatic heterocycles. The van der Waals surface area contributed by atoms with E-state index in [4.69, 9.17) is 8.85 Å². The lowest BCUT2D eigenvalue weighted by atomic mass is 10.1. The first-order chi connectivity index (χ1) is 19.4. The molecule has 4 atom stereocenters. The number of thiophene rings is 1. The van der Waals surface area contributed by atoms with Gasteiger partial charge in [0.2, 0.25) is 14.1 Å². The van der Waals surface area contributed by atoms with Gasteiger partial charge < -0.3 is 19.3 Å². The predicted molar refractivity (Wildman–Crippen MR) is 180 cm³/mol. The van der Waals surface area contributed by atoms with E-state index in [1.54, 1.807) is 19.2 Å². The number of carbonyl (C=O) groups excluding carboxylic acids is 1. The molecule has 1 aliphatic carbocycles. The van der Waals surface area contributed by atoms with Gasteiger partial charge in [-0.25, -0.2) is 9.97 Å². The number of nitrogens with zero attached hydrogens (tertiary/aromatic N) is 2. The normalized spacial score (nSPS) is 21.0. The molecular formula is C32H55N3O4SSi2. The molecule has 0 unspecified atom stereocenters. The van der Waals surface area contributed by atoms with Crippen LogP contribution in [0.2, 0.25) is 34.8 Å². The third-order valence-electron chi connectivity index (χ3n) is 9.78. The van der Waals surface area contributed by atoms with Crippen molar-refractivity contribution in [2.45, 2.75) is 135 Å². The number of aromatic nitrogens is 2. The molecule has 1 fully saturated rings. The van der Waals surface area contributed by atoms with Crippen LogP contribution in [-0.2, 0) is 8.85 Å². The van der Waals surface area contributed by atoms with Crippen molar-refractivity contribution >= 4 is 39.6 Å². The molecule has 0 saturated heterocycles. The molecule has 0 aromatic carbocycles. The molecule has 1 saturated carbocycles. The monoisotopic (exact) mass is 633 g/mol. The molecule has 0 aliphatic heterocycles. The summed E-state index contributed by atoms with van der Waals surface area (Å²) in [7, 11) is -4.05. The van der Waals surface area contributed by atoms with Gasteiger partial charge in [0.1, 0.15) is 12.1 Å². The highest BCUT2D eigenvalue weighted by Gasteiger charge is 2.50. The van der Waals surface area contributed by atoms with Gasteiger partial charge in [-0.3, -0.25) is 4.79 Å². The molecule has 10 heteroatoms. The number of rotatable bonds is 13. The van der Waals surface area contributed by atoms with Crippen molar-refractivity contribution in [3.63, 3.8) is 0 Å². The van der Waals surface area contributed by atoms with Crippen LogP contribution in [0.5, 0.6) is 0 Å². The summed E-state index contributed by atoms with van der Waals surface area (Å²) in [5.41, 5.74) is 2.67. The SMILES string of the molecule is CC(C)[Si](O[C@H]1C[C@H](Nc2ncncc2C(=O)c2cc([C@@H](C)O)cs2)C[C@@H]1CO[Si](C)(C)C(C)(C)C)(C(C)C)C(C)C. The summed E-state index contributed by atoms with van der Waals surface area (Å²) in [6.07, 6.45) is 4.28. The van der Waals surface area contributed by atoms with Gasteiger partial charge >= 0.3 is 0 Å². The van der Waals surface area contributed by atoms with Gasteiger partial charge in [-0.2, -0.15) is 0 Å². The number of aliphatic hydroxyl groups excluding tert-OH is 1. The molecule has 236 valence electrons. The first-order valence-electron chi connectivity index (χ1n) is 15.6. The third-order valence-corrected chi connectivity index (χ3v) is 21.4. The van der Waals surface area contributed by atoms with Crippen LogP contribution in [0, 0.1) is 5.92 Å². The van der Waals surface area contributed by atoms with E-state index in [1.165, 1.54) is 17.7 Å². The number of hydrogen-bond acceptors (Lipinski definition) is 8. The number of aliphatic hydroxyl groups is 1. The first-order valence-corrected chi connectivity index (χ1v) is 21.5. The summed E-state index contributed by atoms with van der Waals surface area (Å²) in [4.78, 5) is 22.8. The van der Waals surface area contributed by atoms with Gasteiger partial charge in [-0.15, -0.1) is 11.3 Å². The maximum atomic E-state index is 13.5. The first kappa shape index (κ1) is 35.0. The number of anilines is 1.